The van der Waals surface area contributed by atoms with E-state index < -0.39 is 11.6 Å². The third-order valence-corrected chi connectivity index (χ3v) is 11.6. The Kier molecular flexibility index (Phi) is 13.7. The van der Waals surface area contributed by atoms with Gasteiger partial charge >= 0.3 is 0 Å². The number of likely N-dealkylation sites (N-methyl/N-ethyl adjacent to an activating group) is 1. The molecule has 1 aromatic rings. The Morgan fingerprint density at radius 1 is 1.09 bits per heavy atom. The predicted octanol–water partition coefficient (Wildman–Crippen LogP) is 11.4. The molecular weight excluding hydrogens is 703 g/mol. The van der Waals surface area contributed by atoms with Crippen LogP contribution in [-0.4, -0.2) is 36.0 Å². The predicted molar refractivity (Wildman–Crippen MR) is 223 cm³/mol. The van der Waals surface area contributed by atoms with E-state index in [0.29, 0.717) is 49.8 Å². The molecule has 0 saturated heterocycles. The van der Waals surface area contributed by atoms with E-state index in [0.717, 1.165) is 33.6 Å². The number of nitrogens with zero attached hydrogens (tertiary/aromatic N) is 1. The average Bonchev–Trinajstić information content (AvgIpc) is 3.34. The molecule has 2 aliphatic heterocycles. The number of anilines is 1. The number of carbonyl (C=O) groups excluding carboxylic acids is 3. The second-order valence-corrected chi connectivity index (χ2v) is 16.2. The van der Waals surface area contributed by atoms with Gasteiger partial charge < -0.3 is 10.2 Å². The first kappa shape index (κ1) is 42.1. The molecule has 0 radical (unpaired) electrons. The van der Waals surface area contributed by atoms with Crippen LogP contribution >= 0.6 is 0 Å². The average molecular weight is 759 g/mol. The van der Waals surface area contributed by atoms with Crippen LogP contribution in [0.4, 0.5) is 14.5 Å². The molecule has 1 amide bonds. The largest absolute Gasteiger partial charge is 0.374 e. The molecule has 294 valence electrons. The lowest BCUT2D eigenvalue weighted by Gasteiger charge is -2.34. The van der Waals surface area contributed by atoms with Gasteiger partial charge in [0.2, 0.25) is 5.91 Å². The highest BCUT2D eigenvalue weighted by atomic mass is 19.1. The van der Waals surface area contributed by atoms with Crippen molar-refractivity contribution in [2.45, 2.75) is 87.0 Å². The first-order chi connectivity index (χ1) is 26.6. The molecule has 4 atom stereocenters. The number of fused-ring (bicyclic) bond motifs is 6. The number of benzene rings is 1. The zero-order chi connectivity index (χ0) is 40.8. The van der Waals surface area contributed by atoms with Crippen molar-refractivity contribution in [3.8, 4) is 0 Å². The number of halogens is 2. The highest BCUT2D eigenvalue weighted by molar-refractivity contribution is 6.03. The lowest BCUT2D eigenvalue weighted by atomic mass is 9.72. The summed E-state index contributed by atoms with van der Waals surface area (Å²) in [7, 11) is 1.96. The van der Waals surface area contributed by atoms with Crippen LogP contribution in [0.1, 0.15) is 92.6 Å². The van der Waals surface area contributed by atoms with Gasteiger partial charge in [-0.3, -0.25) is 14.4 Å². The van der Waals surface area contributed by atoms with Crippen molar-refractivity contribution in [1.82, 2.24) is 4.90 Å². The van der Waals surface area contributed by atoms with E-state index in [-0.39, 0.29) is 70.3 Å². The molecule has 2 bridgehead atoms. The first-order valence-electron chi connectivity index (χ1n) is 19.9. The molecule has 0 aromatic heterocycles. The monoisotopic (exact) mass is 758 g/mol. The van der Waals surface area contributed by atoms with Crippen molar-refractivity contribution in [3.63, 3.8) is 0 Å². The summed E-state index contributed by atoms with van der Waals surface area (Å²) in [4.78, 5) is 42.1. The normalized spacial score (nSPS) is 25.9. The Hall–Kier alpha value is -5.09. The molecule has 1 N–H and O–H groups in total. The smallest absolute Gasteiger partial charge is 0.226 e. The number of allylic oxidation sites excluding steroid dienone is 14. The molecule has 2 heterocycles. The summed E-state index contributed by atoms with van der Waals surface area (Å²) in [6.07, 6.45) is 15.6. The lowest BCUT2D eigenvalue weighted by molar-refractivity contribution is -0.116. The number of hydrogen-bond acceptors (Lipinski definition) is 4. The second kappa shape index (κ2) is 18.2. The van der Waals surface area contributed by atoms with Gasteiger partial charge in [0.15, 0.2) is 11.6 Å². The van der Waals surface area contributed by atoms with Gasteiger partial charge in [0.1, 0.15) is 11.6 Å². The van der Waals surface area contributed by atoms with Crippen molar-refractivity contribution in [3.05, 3.63) is 141 Å². The third-order valence-electron chi connectivity index (χ3n) is 11.6. The van der Waals surface area contributed by atoms with Crippen LogP contribution in [0.15, 0.2) is 129 Å². The number of carbonyl (C=O) groups is 3. The molecule has 5 aliphatic rings. The highest BCUT2D eigenvalue weighted by Gasteiger charge is 2.33. The molecule has 56 heavy (non-hydrogen) atoms. The molecular formula is C49H56F2N2O3. The van der Waals surface area contributed by atoms with E-state index in [9.17, 15) is 14.4 Å². The molecule has 0 saturated carbocycles. The maximum Gasteiger partial charge on any atom is 0.226 e. The van der Waals surface area contributed by atoms with E-state index in [4.69, 9.17) is 0 Å². The van der Waals surface area contributed by atoms with E-state index in [2.05, 4.69) is 62.9 Å². The van der Waals surface area contributed by atoms with Gasteiger partial charge in [-0.2, -0.15) is 0 Å². The molecule has 3 aliphatic carbocycles. The van der Waals surface area contributed by atoms with Crippen molar-refractivity contribution in [2.75, 3.05) is 18.9 Å². The maximum atomic E-state index is 17.5. The lowest BCUT2D eigenvalue weighted by Crippen LogP contribution is -2.28. The minimum Gasteiger partial charge on any atom is -0.374 e. The summed E-state index contributed by atoms with van der Waals surface area (Å²) in [6.45, 7) is 18.2. The zero-order valence-electron chi connectivity index (χ0n) is 34.2. The topological polar surface area (TPSA) is 66.5 Å². The second-order valence-electron chi connectivity index (χ2n) is 16.2. The Morgan fingerprint density at radius 3 is 2.52 bits per heavy atom. The molecule has 7 heteroatoms. The standard InChI is InChI=1S/C49H56F2N2O3/c1-10-45(55)35-22-21-30(4)25-36(27-31(5)26-35)47(32(6)34(8)54)40-28-42(51)39-17-13-16-38(40)33(7)48-37(29(2)3)15-11-12-20-44(48)53(9)24-23-46(56)52-43-19-14-18-41(50)49(39)43/h10,12-15,18-20,22,28-31,33,36H,1,16,21,23-27H2,2-9H3,(H,52,56)/b35-22-,40-38?,42-28+,47-32-/t17?,30-,31-,33?,36?/m0/s1. The fourth-order valence-corrected chi connectivity index (χ4v) is 8.64. The summed E-state index contributed by atoms with van der Waals surface area (Å²) >= 11 is 0. The summed E-state index contributed by atoms with van der Waals surface area (Å²) in [5.41, 5.74) is 13.0. The van der Waals surface area contributed by atoms with Crippen LogP contribution in [0, 0.1) is 35.4 Å². The number of amides is 1. The van der Waals surface area contributed by atoms with Crippen molar-refractivity contribution in [2.24, 2.45) is 29.6 Å². The molecule has 1 aromatic carbocycles. The Morgan fingerprint density at radius 2 is 1.82 bits per heavy atom. The summed E-state index contributed by atoms with van der Waals surface area (Å²) in [5, 5.41) is 2.86. The number of rotatable bonds is 6. The number of nitrogens with one attached hydrogen (secondary N) is 1. The highest BCUT2D eigenvalue weighted by Crippen LogP contribution is 2.46. The van der Waals surface area contributed by atoms with Gasteiger partial charge in [0, 0.05) is 31.6 Å². The van der Waals surface area contributed by atoms with Gasteiger partial charge in [-0.15, -0.1) is 11.5 Å². The molecule has 0 spiro atoms. The maximum absolute atomic E-state index is 17.5. The van der Waals surface area contributed by atoms with E-state index in [1.807, 2.05) is 38.3 Å². The zero-order valence-corrected chi connectivity index (χ0v) is 34.2. The number of Topliss-reactive ketones (excluding diaryl/α,β-unsaturated/α-hetero) is 1. The summed E-state index contributed by atoms with van der Waals surface area (Å²) in [5.74, 6) is -2.07. The molecule has 6 rings (SSSR count). The van der Waals surface area contributed by atoms with Crippen LogP contribution in [0.3, 0.4) is 0 Å². The number of ketones is 2. The van der Waals surface area contributed by atoms with Gasteiger partial charge in [-0.25, -0.2) is 8.78 Å². The number of hydrogen-bond donors (Lipinski definition) is 1. The van der Waals surface area contributed by atoms with Crippen molar-refractivity contribution >= 4 is 28.7 Å². The van der Waals surface area contributed by atoms with Crippen LogP contribution in [0.25, 0.3) is 5.57 Å². The van der Waals surface area contributed by atoms with Crippen molar-refractivity contribution < 1.29 is 23.2 Å². The fourth-order valence-electron chi connectivity index (χ4n) is 8.64. The minimum absolute atomic E-state index is 0.0668. The van der Waals surface area contributed by atoms with Gasteiger partial charge in [0.25, 0.3) is 0 Å². The molecule has 2 unspecified atom stereocenters. The van der Waals surface area contributed by atoms with Crippen molar-refractivity contribution in [1.29, 1.82) is 0 Å². The first-order valence-corrected chi connectivity index (χ1v) is 19.9. The quantitative estimate of drug-likeness (QED) is 0.232. The van der Waals surface area contributed by atoms with Crippen LogP contribution in [-0.2, 0) is 14.4 Å². The fraction of sp³-hybridized carbons (Fsp3) is 0.408. The SMILES string of the molecule is C=CC(=O)/C1=C\C[C@H](C)CC(/C(C2=C3CC=C=C(/C(F)=C\2)c2c(F)cccc2NC(=O)CCN(C)C2=CC=C=CC(C(C)C)=C2C3C)=C(\C)C(C)=O)C[C@@H](C)C1. The minimum atomic E-state index is -0.719. The molecule has 0 fully saturated rings. The summed E-state index contributed by atoms with van der Waals surface area (Å²) < 4.78 is 33.4. The Balaban J connectivity index is 1.87. The van der Waals surface area contributed by atoms with E-state index in [1.165, 1.54) is 24.3 Å². The van der Waals surface area contributed by atoms with Crippen LogP contribution in [0.5, 0.6) is 0 Å². The van der Waals surface area contributed by atoms with Gasteiger partial charge in [-0.1, -0.05) is 58.9 Å². The van der Waals surface area contributed by atoms with E-state index in [1.54, 1.807) is 19.1 Å². The third kappa shape index (κ3) is 9.29. The van der Waals surface area contributed by atoms with Crippen LogP contribution in [0.2, 0.25) is 0 Å². The van der Waals surface area contributed by atoms with Gasteiger partial charge in [0.05, 0.1) is 16.8 Å². The van der Waals surface area contributed by atoms with Crippen LogP contribution < -0.4 is 5.32 Å². The molecule has 5 nitrogen and oxygen atoms in total. The summed E-state index contributed by atoms with van der Waals surface area (Å²) in [6, 6.07) is 4.33. The Bertz CT molecular complexity index is 2140. The van der Waals surface area contributed by atoms with E-state index >= 15 is 8.78 Å². The van der Waals surface area contributed by atoms with Gasteiger partial charge in [-0.05, 0) is 152 Å². The Labute approximate surface area is 332 Å².